The topological polar surface area (TPSA) is 67.8 Å². The van der Waals surface area contributed by atoms with Crippen molar-refractivity contribution in [1.29, 1.82) is 0 Å². The van der Waals surface area contributed by atoms with E-state index in [1.807, 2.05) is 24.3 Å². The third kappa shape index (κ3) is 2.32. The largest absolute Gasteiger partial charge is 0.478 e. The highest BCUT2D eigenvalue weighted by molar-refractivity contribution is 9.10. The second-order valence-corrected chi connectivity index (χ2v) is 7.73. The maximum Gasteiger partial charge on any atom is 0.337 e. The summed E-state index contributed by atoms with van der Waals surface area (Å²) in [5, 5.41) is 13.2. The van der Waals surface area contributed by atoms with E-state index in [0.717, 1.165) is 33.5 Å². The Morgan fingerprint density at radius 2 is 2.04 bits per heavy atom. The molecule has 0 unspecified atom stereocenters. The van der Waals surface area contributed by atoms with Crippen molar-refractivity contribution in [3.05, 3.63) is 63.6 Å². The number of carboxylic acids is 1. The minimum atomic E-state index is -0.931. The van der Waals surface area contributed by atoms with Gasteiger partial charge in [0.1, 0.15) is 0 Å². The molecule has 0 spiro atoms. The van der Waals surface area contributed by atoms with Gasteiger partial charge >= 0.3 is 5.97 Å². The third-order valence-electron chi connectivity index (χ3n) is 5.42. The average molecular weight is 414 g/mol. The second kappa shape index (κ2) is 5.77. The van der Waals surface area contributed by atoms with Crippen molar-refractivity contribution in [3.8, 4) is 11.5 Å². The molecule has 5 rings (SSSR count). The van der Waals surface area contributed by atoms with E-state index >= 15 is 0 Å². The molecular formula is C20H16BrNO4. The molecule has 6 heteroatoms. The summed E-state index contributed by atoms with van der Waals surface area (Å²) in [4.78, 5) is 11.8. The van der Waals surface area contributed by atoms with Gasteiger partial charge in [-0.15, -0.1) is 0 Å². The van der Waals surface area contributed by atoms with E-state index < -0.39 is 5.97 Å². The summed E-state index contributed by atoms with van der Waals surface area (Å²) in [6, 6.07) is 9.65. The highest BCUT2D eigenvalue weighted by Crippen LogP contribution is 2.52. The van der Waals surface area contributed by atoms with Crippen LogP contribution in [0.15, 0.2) is 47.0 Å². The number of aromatic carboxylic acids is 1. The molecule has 3 atom stereocenters. The van der Waals surface area contributed by atoms with E-state index in [2.05, 4.69) is 33.4 Å². The van der Waals surface area contributed by atoms with Crippen molar-refractivity contribution in [2.75, 3.05) is 12.1 Å². The molecule has 0 radical (unpaired) electrons. The van der Waals surface area contributed by atoms with Crippen LogP contribution in [0.5, 0.6) is 11.5 Å². The summed E-state index contributed by atoms with van der Waals surface area (Å²) in [6.45, 7) is 0.241. The lowest BCUT2D eigenvalue weighted by atomic mass is 9.76. The minimum absolute atomic E-state index is 0.0104. The molecule has 0 bridgehead atoms. The first kappa shape index (κ1) is 15.8. The Morgan fingerprint density at radius 1 is 1.19 bits per heavy atom. The summed E-state index contributed by atoms with van der Waals surface area (Å²) < 4.78 is 11.7. The fourth-order valence-electron chi connectivity index (χ4n) is 4.27. The number of halogens is 1. The zero-order chi connectivity index (χ0) is 17.8. The number of fused-ring (bicyclic) bond motifs is 4. The van der Waals surface area contributed by atoms with Gasteiger partial charge in [0.05, 0.1) is 17.3 Å². The molecule has 2 aromatic carbocycles. The van der Waals surface area contributed by atoms with Crippen LogP contribution in [0.3, 0.4) is 0 Å². The quantitative estimate of drug-likeness (QED) is 0.698. The average Bonchev–Trinajstić information content (AvgIpc) is 3.29. The van der Waals surface area contributed by atoms with E-state index in [9.17, 15) is 9.90 Å². The van der Waals surface area contributed by atoms with Crippen molar-refractivity contribution < 1.29 is 19.4 Å². The fourth-order valence-corrected chi connectivity index (χ4v) is 4.75. The monoisotopic (exact) mass is 413 g/mol. The standard InChI is InChI=1S/C20H16BrNO4/c21-11-7-14-12-2-1-3-13(12)18(22-19(14)15(8-11)20(23)24)10-4-5-16-17(6-10)26-9-25-16/h1-2,4-8,12-13,18,22H,3,9H2,(H,23,24)/t12-,13+,18+/m1/s1. The van der Waals surface area contributed by atoms with Crippen LogP contribution in [0.4, 0.5) is 5.69 Å². The van der Waals surface area contributed by atoms with Crippen molar-refractivity contribution in [1.82, 2.24) is 0 Å². The van der Waals surface area contributed by atoms with Crippen molar-refractivity contribution in [2.45, 2.75) is 18.4 Å². The maximum absolute atomic E-state index is 11.8. The molecule has 26 heavy (non-hydrogen) atoms. The maximum atomic E-state index is 11.8. The SMILES string of the molecule is O=C(O)c1cc(Br)cc2c1N[C@@H](c1ccc3c(c1)OCO3)[C@H]1CC=C[C@@H]21. The van der Waals surface area contributed by atoms with Crippen LogP contribution >= 0.6 is 15.9 Å². The lowest BCUT2D eigenvalue weighted by molar-refractivity contribution is 0.0697. The summed E-state index contributed by atoms with van der Waals surface area (Å²) >= 11 is 3.45. The van der Waals surface area contributed by atoms with Gasteiger partial charge in [0.2, 0.25) is 6.79 Å². The molecule has 0 saturated carbocycles. The normalized spacial score (nSPS) is 24.7. The predicted octanol–water partition coefficient (Wildman–Crippen LogP) is 4.70. The van der Waals surface area contributed by atoms with Crippen LogP contribution < -0.4 is 14.8 Å². The van der Waals surface area contributed by atoms with Gasteiger partial charge < -0.3 is 19.9 Å². The Labute approximate surface area is 158 Å². The van der Waals surface area contributed by atoms with E-state index in [4.69, 9.17) is 9.47 Å². The number of nitrogens with one attached hydrogen (secondary N) is 1. The van der Waals surface area contributed by atoms with Crippen LogP contribution in [0.2, 0.25) is 0 Å². The first-order valence-electron chi connectivity index (χ1n) is 8.51. The molecule has 2 aromatic rings. The zero-order valence-electron chi connectivity index (χ0n) is 13.7. The van der Waals surface area contributed by atoms with Crippen LogP contribution in [0, 0.1) is 5.92 Å². The molecule has 0 fully saturated rings. The summed E-state index contributed by atoms with van der Waals surface area (Å²) in [7, 11) is 0. The number of carbonyl (C=O) groups is 1. The molecule has 2 N–H and O–H groups in total. The van der Waals surface area contributed by atoms with Crippen molar-refractivity contribution in [2.24, 2.45) is 5.92 Å². The van der Waals surface area contributed by atoms with Gasteiger partial charge in [0.25, 0.3) is 0 Å². The highest BCUT2D eigenvalue weighted by atomic mass is 79.9. The van der Waals surface area contributed by atoms with Gasteiger partial charge in [-0.2, -0.15) is 0 Å². The summed E-state index contributed by atoms with van der Waals surface area (Å²) in [5.41, 5.74) is 3.11. The zero-order valence-corrected chi connectivity index (χ0v) is 15.3. The number of ether oxygens (including phenoxy) is 2. The fraction of sp³-hybridized carbons (Fsp3) is 0.250. The number of benzene rings is 2. The molecule has 0 amide bonds. The van der Waals surface area contributed by atoms with Gasteiger partial charge in [-0.3, -0.25) is 0 Å². The highest BCUT2D eigenvalue weighted by Gasteiger charge is 2.40. The first-order chi connectivity index (χ1) is 12.6. The minimum Gasteiger partial charge on any atom is -0.478 e. The third-order valence-corrected chi connectivity index (χ3v) is 5.88. The van der Waals surface area contributed by atoms with E-state index in [0.29, 0.717) is 17.2 Å². The molecule has 1 aliphatic carbocycles. The van der Waals surface area contributed by atoms with Gasteiger partial charge in [-0.25, -0.2) is 4.79 Å². The Kier molecular flexibility index (Phi) is 3.50. The molecule has 0 aromatic heterocycles. The Bertz CT molecular complexity index is 955. The molecule has 2 aliphatic heterocycles. The Hall–Kier alpha value is -2.47. The molecule has 0 saturated heterocycles. The molecule has 132 valence electrons. The predicted molar refractivity (Wildman–Crippen MR) is 100 cm³/mol. The van der Waals surface area contributed by atoms with E-state index in [-0.39, 0.29) is 18.8 Å². The van der Waals surface area contributed by atoms with Gasteiger partial charge in [0.15, 0.2) is 11.5 Å². The van der Waals surface area contributed by atoms with Crippen molar-refractivity contribution in [3.63, 3.8) is 0 Å². The van der Waals surface area contributed by atoms with Crippen molar-refractivity contribution >= 4 is 27.6 Å². The van der Waals surface area contributed by atoms with Crippen LogP contribution in [0.25, 0.3) is 0 Å². The number of anilines is 1. The Balaban J connectivity index is 1.63. The smallest absolute Gasteiger partial charge is 0.337 e. The lowest BCUT2D eigenvalue weighted by Crippen LogP contribution is -2.30. The number of hydrogen-bond acceptors (Lipinski definition) is 4. The summed E-state index contributed by atoms with van der Waals surface area (Å²) in [5.74, 6) is 1.09. The van der Waals surface area contributed by atoms with Gasteiger partial charge in [0, 0.05) is 10.4 Å². The van der Waals surface area contributed by atoms with Crippen LogP contribution in [0.1, 0.15) is 39.9 Å². The summed E-state index contributed by atoms with van der Waals surface area (Å²) in [6.07, 6.45) is 5.33. The van der Waals surface area contributed by atoms with E-state index in [1.54, 1.807) is 6.07 Å². The Morgan fingerprint density at radius 3 is 2.88 bits per heavy atom. The lowest BCUT2D eigenvalue weighted by Gasteiger charge is -2.38. The van der Waals surface area contributed by atoms with Crippen LogP contribution in [-0.2, 0) is 0 Å². The number of rotatable bonds is 2. The number of carboxylic acid groups (broad SMARTS) is 1. The first-order valence-corrected chi connectivity index (χ1v) is 9.30. The number of allylic oxidation sites excluding steroid dienone is 2. The molecule has 2 heterocycles. The van der Waals surface area contributed by atoms with Crippen LogP contribution in [-0.4, -0.2) is 17.9 Å². The van der Waals surface area contributed by atoms with E-state index in [1.165, 1.54) is 0 Å². The van der Waals surface area contributed by atoms with Gasteiger partial charge in [-0.05, 0) is 47.7 Å². The molecular weight excluding hydrogens is 398 g/mol. The molecule has 3 aliphatic rings. The van der Waals surface area contributed by atoms with Gasteiger partial charge in [-0.1, -0.05) is 34.1 Å². The second-order valence-electron chi connectivity index (χ2n) is 6.81. The number of hydrogen-bond donors (Lipinski definition) is 2. The molecule has 5 nitrogen and oxygen atoms in total.